The smallest absolute Gasteiger partial charge is 0.407 e. The molecule has 0 bridgehead atoms. The van der Waals surface area contributed by atoms with Gasteiger partial charge in [-0.2, -0.15) is 0 Å². The predicted octanol–water partition coefficient (Wildman–Crippen LogP) is 2.56. The van der Waals surface area contributed by atoms with Crippen LogP contribution in [0.4, 0.5) is 4.79 Å². The molecule has 1 aliphatic rings. The van der Waals surface area contributed by atoms with Gasteiger partial charge in [-0.1, -0.05) is 13.0 Å². The second kappa shape index (κ2) is 4.00. The number of nitrogens with one attached hydrogen (secondary N) is 1. The topological polar surface area (TPSA) is 38.3 Å². The van der Waals surface area contributed by atoms with Crippen LogP contribution in [0.5, 0.6) is 0 Å². The number of alkyl carbamates (subject to hydrolysis) is 1. The number of rotatable bonds is 2. The number of cyclic esters (lactones) is 1. The van der Waals surface area contributed by atoms with Crippen molar-refractivity contribution in [2.45, 2.75) is 19.4 Å². The van der Waals surface area contributed by atoms with Gasteiger partial charge in [0.1, 0.15) is 6.10 Å². The third-order valence-electron chi connectivity index (χ3n) is 2.52. The van der Waals surface area contributed by atoms with Crippen molar-refractivity contribution >= 4 is 17.4 Å². The van der Waals surface area contributed by atoms with Crippen LogP contribution in [0.2, 0.25) is 0 Å². The number of ether oxygens (including phenoxy) is 1. The average molecular weight is 211 g/mol. The first-order valence-electron chi connectivity index (χ1n) is 4.79. The Bertz CT molecular complexity index is 310. The molecule has 1 aromatic heterocycles. The second-order valence-corrected chi connectivity index (χ2v) is 4.37. The van der Waals surface area contributed by atoms with Gasteiger partial charge in [0.05, 0.1) is 0 Å². The lowest BCUT2D eigenvalue weighted by Crippen LogP contribution is -2.40. The Morgan fingerprint density at radius 3 is 3.21 bits per heavy atom. The number of carbonyl (C=O) groups excluding carboxylic acids is 1. The van der Waals surface area contributed by atoms with Gasteiger partial charge in [0.25, 0.3) is 0 Å². The first-order valence-corrected chi connectivity index (χ1v) is 5.67. The maximum absolute atomic E-state index is 11.1. The van der Waals surface area contributed by atoms with E-state index in [-0.39, 0.29) is 12.2 Å². The molecule has 1 aromatic rings. The van der Waals surface area contributed by atoms with Crippen molar-refractivity contribution in [1.82, 2.24) is 5.32 Å². The van der Waals surface area contributed by atoms with E-state index in [4.69, 9.17) is 4.74 Å². The molecule has 76 valence electrons. The molecule has 2 heterocycles. The Morgan fingerprint density at radius 1 is 1.71 bits per heavy atom. The van der Waals surface area contributed by atoms with Crippen LogP contribution in [0, 0.1) is 5.92 Å². The molecule has 0 aliphatic carbocycles. The van der Waals surface area contributed by atoms with Crippen LogP contribution in [-0.4, -0.2) is 12.6 Å². The molecule has 0 unspecified atom stereocenters. The van der Waals surface area contributed by atoms with Gasteiger partial charge in [-0.05, 0) is 17.9 Å². The Hall–Kier alpha value is -1.03. The highest BCUT2D eigenvalue weighted by Gasteiger charge is 2.30. The first-order chi connectivity index (χ1) is 6.81. The number of hydrogen-bond donors (Lipinski definition) is 1. The van der Waals surface area contributed by atoms with Gasteiger partial charge in [0.2, 0.25) is 0 Å². The summed E-state index contributed by atoms with van der Waals surface area (Å²) >= 11 is 1.65. The fraction of sp³-hybridized carbons (Fsp3) is 0.500. The summed E-state index contributed by atoms with van der Waals surface area (Å²) in [5.74, 6) is 0.395. The minimum atomic E-state index is -0.298. The largest absolute Gasteiger partial charge is 0.440 e. The molecule has 0 aromatic carbocycles. The lowest BCUT2D eigenvalue weighted by atomic mass is 9.97. The summed E-state index contributed by atoms with van der Waals surface area (Å²) in [5.41, 5.74) is 0. The second-order valence-electron chi connectivity index (χ2n) is 3.39. The van der Waals surface area contributed by atoms with E-state index in [1.165, 1.54) is 0 Å². The van der Waals surface area contributed by atoms with E-state index in [9.17, 15) is 4.79 Å². The molecule has 0 saturated carbocycles. The van der Waals surface area contributed by atoms with E-state index >= 15 is 0 Å². The van der Waals surface area contributed by atoms with Crippen molar-refractivity contribution in [3.05, 3.63) is 22.4 Å². The van der Waals surface area contributed by atoms with Crippen molar-refractivity contribution < 1.29 is 9.53 Å². The van der Waals surface area contributed by atoms with Gasteiger partial charge in [0, 0.05) is 17.3 Å². The summed E-state index contributed by atoms with van der Waals surface area (Å²) in [6, 6.07) is 4.01. The lowest BCUT2D eigenvalue weighted by Gasteiger charge is -2.30. The summed E-state index contributed by atoms with van der Waals surface area (Å²) in [6.45, 7) is 2.84. The zero-order valence-electron chi connectivity index (χ0n) is 8.03. The zero-order valence-corrected chi connectivity index (χ0v) is 8.84. The number of amides is 1. The van der Waals surface area contributed by atoms with E-state index in [0.29, 0.717) is 5.92 Å². The number of thiophene rings is 1. The molecule has 1 fully saturated rings. The van der Waals surface area contributed by atoms with Crippen molar-refractivity contribution in [3.8, 4) is 0 Å². The summed E-state index contributed by atoms with van der Waals surface area (Å²) in [6.07, 6.45) is 0.671. The first kappa shape index (κ1) is 9.52. The lowest BCUT2D eigenvalue weighted by molar-refractivity contribution is 0.0367. The van der Waals surface area contributed by atoms with Crippen molar-refractivity contribution in [2.75, 3.05) is 6.54 Å². The van der Waals surface area contributed by atoms with Crippen molar-refractivity contribution in [2.24, 2.45) is 5.92 Å². The van der Waals surface area contributed by atoms with E-state index < -0.39 is 0 Å². The van der Waals surface area contributed by atoms with Crippen LogP contribution in [-0.2, 0) is 4.74 Å². The SMILES string of the molecule is CC[C@@H]1CNC(=O)O[C@H]1c1cccs1. The van der Waals surface area contributed by atoms with Crippen LogP contribution in [0.3, 0.4) is 0 Å². The molecule has 1 aliphatic heterocycles. The molecule has 0 spiro atoms. The maximum atomic E-state index is 11.1. The minimum Gasteiger partial charge on any atom is -0.440 e. The standard InChI is InChI=1S/C10H13NO2S/c1-2-7-6-11-10(12)13-9(7)8-4-3-5-14-8/h3-5,7,9H,2,6H2,1H3,(H,11,12)/t7-,9-/m1/s1. The normalized spacial score (nSPS) is 26.8. The Labute approximate surface area is 87.1 Å². The zero-order chi connectivity index (χ0) is 9.97. The fourth-order valence-electron chi connectivity index (χ4n) is 1.68. The molecular weight excluding hydrogens is 198 g/mol. The van der Waals surface area contributed by atoms with Crippen molar-refractivity contribution in [1.29, 1.82) is 0 Å². The third kappa shape index (κ3) is 1.75. The quantitative estimate of drug-likeness (QED) is 0.816. The Kier molecular flexibility index (Phi) is 2.72. The van der Waals surface area contributed by atoms with Crippen LogP contribution in [0.1, 0.15) is 24.3 Å². The van der Waals surface area contributed by atoms with Gasteiger partial charge >= 0.3 is 6.09 Å². The van der Waals surface area contributed by atoms with Crippen LogP contribution >= 0.6 is 11.3 Å². The molecule has 3 nitrogen and oxygen atoms in total. The molecule has 1 saturated heterocycles. The summed E-state index contributed by atoms with van der Waals surface area (Å²) in [7, 11) is 0. The highest BCUT2D eigenvalue weighted by Crippen LogP contribution is 2.33. The summed E-state index contributed by atoms with van der Waals surface area (Å²) in [5, 5.41) is 4.73. The number of carbonyl (C=O) groups is 1. The summed E-state index contributed by atoms with van der Waals surface area (Å²) < 4.78 is 5.29. The molecule has 1 amide bonds. The molecule has 0 radical (unpaired) electrons. The van der Waals surface area contributed by atoms with Gasteiger partial charge in [0.15, 0.2) is 0 Å². The molecule has 4 heteroatoms. The van der Waals surface area contributed by atoms with E-state index in [2.05, 4.69) is 12.2 Å². The van der Waals surface area contributed by atoms with Gasteiger partial charge < -0.3 is 10.1 Å². The molecule has 2 atom stereocenters. The van der Waals surface area contributed by atoms with E-state index in [1.54, 1.807) is 11.3 Å². The van der Waals surface area contributed by atoms with Gasteiger partial charge in [-0.25, -0.2) is 4.79 Å². The van der Waals surface area contributed by atoms with Crippen LogP contribution in [0.15, 0.2) is 17.5 Å². The van der Waals surface area contributed by atoms with Gasteiger partial charge in [-0.3, -0.25) is 0 Å². The van der Waals surface area contributed by atoms with Crippen molar-refractivity contribution in [3.63, 3.8) is 0 Å². The molecule has 1 N–H and O–H groups in total. The van der Waals surface area contributed by atoms with E-state index in [0.717, 1.165) is 17.8 Å². The minimum absolute atomic E-state index is 0.0475. The predicted molar refractivity (Wildman–Crippen MR) is 55.3 cm³/mol. The monoisotopic (exact) mass is 211 g/mol. The highest BCUT2D eigenvalue weighted by atomic mass is 32.1. The Balaban J connectivity index is 2.17. The molecule has 14 heavy (non-hydrogen) atoms. The Morgan fingerprint density at radius 2 is 2.57 bits per heavy atom. The number of hydrogen-bond acceptors (Lipinski definition) is 3. The summed E-state index contributed by atoms with van der Waals surface area (Å²) in [4.78, 5) is 12.2. The highest BCUT2D eigenvalue weighted by molar-refractivity contribution is 7.10. The molecule has 2 rings (SSSR count). The average Bonchev–Trinajstić information content (AvgIpc) is 2.70. The van der Waals surface area contributed by atoms with E-state index in [1.807, 2.05) is 17.5 Å². The van der Waals surface area contributed by atoms with Crippen LogP contribution in [0.25, 0.3) is 0 Å². The molecular formula is C10H13NO2S. The maximum Gasteiger partial charge on any atom is 0.407 e. The fourth-order valence-corrected chi connectivity index (χ4v) is 2.52. The van der Waals surface area contributed by atoms with Gasteiger partial charge in [-0.15, -0.1) is 11.3 Å². The van der Waals surface area contributed by atoms with Crippen LogP contribution < -0.4 is 5.32 Å². The third-order valence-corrected chi connectivity index (χ3v) is 3.45.